The summed E-state index contributed by atoms with van der Waals surface area (Å²) in [7, 11) is 0. The molecule has 0 N–H and O–H groups in total. The van der Waals surface area contributed by atoms with Crippen molar-refractivity contribution >= 4 is 27.8 Å². The van der Waals surface area contributed by atoms with Crippen molar-refractivity contribution in [2.75, 3.05) is 4.90 Å². The Kier molecular flexibility index (Phi) is 7.83. The largest absolute Gasteiger partial charge is 0.310 e. The molecule has 8 aromatic carbocycles. The summed E-state index contributed by atoms with van der Waals surface area (Å²) in [6, 6.07) is 64.0. The zero-order valence-corrected chi connectivity index (χ0v) is 34.1. The summed E-state index contributed by atoms with van der Waals surface area (Å²) in [6.07, 6.45) is 0. The quantitative estimate of drug-likeness (QED) is 0.170. The van der Waals surface area contributed by atoms with Crippen LogP contribution in [0, 0.1) is 0 Å². The Morgan fingerprint density at radius 1 is 0.404 bits per heavy atom. The van der Waals surface area contributed by atoms with Crippen molar-refractivity contribution in [3.05, 3.63) is 198 Å². The van der Waals surface area contributed by atoms with E-state index in [0.717, 1.165) is 17.1 Å². The van der Waals surface area contributed by atoms with Gasteiger partial charge in [0.15, 0.2) is 0 Å². The highest BCUT2D eigenvalue weighted by molar-refractivity contribution is 6.06. The van der Waals surface area contributed by atoms with E-state index >= 15 is 0 Å². The van der Waals surface area contributed by atoms with E-state index in [1.165, 1.54) is 83.1 Å². The first-order chi connectivity index (χ1) is 27.4. The summed E-state index contributed by atoms with van der Waals surface area (Å²) >= 11 is 0. The van der Waals surface area contributed by atoms with E-state index in [2.05, 4.69) is 223 Å². The first-order valence-corrected chi connectivity index (χ1v) is 20.4. The first kappa shape index (κ1) is 35.2. The third kappa shape index (κ3) is 5.51. The van der Waals surface area contributed by atoms with Gasteiger partial charge in [-0.25, -0.2) is 0 Å². The molecule has 0 aromatic heterocycles. The van der Waals surface area contributed by atoms with Gasteiger partial charge >= 0.3 is 0 Å². The number of nitrogens with zero attached hydrogens (tertiary/aromatic N) is 1. The van der Waals surface area contributed by atoms with Gasteiger partial charge in [-0.05, 0) is 119 Å². The number of benzene rings is 8. The van der Waals surface area contributed by atoms with Crippen LogP contribution in [0.25, 0.3) is 55.3 Å². The van der Waals surface area contributed by atoms with Gasteiger partial charge in [0, 0.05) is 27.8 Å². The summed E-state index contributed by atoms with van der Waals surface area (Å²) < 4.78 is 0. The second-order valence-corrected chi connectivity index (χ2v) is 18.2. The molecule has 1 heteroatoms. The van der Waals surface area contributed by atoms with Crippen LogP contribution in [0.5, 0.6) is 0 Å². The van der Waals surface area contributed by atoms with Gasteiger partial charge in [0.1, 0.15) is 0 Å². The van der Waals surface area contributed by atoms with Crippen LogP contribution in [-0.2, 0) is 16.2 Å². The molecule has 278 valence electrons. The minimum absolute atomic E-state index is 0.0671. The van der Waals surface area contributed by atoms with Crippen LogP contribution in [-0.4, -0.2) is 0 Å². The fourth-order valence-electron chi connectivity index (χ4n) is 9.85. The van der Waals surface area contributed by atoms with Gasteiger partial charge in [0.2, 0.25) is 0 Å². The van der Waals surface area contributed by atoms with Crippen LogP contribution < -0.4 is 4.90 Å². The van der Waals surface area contributed by atoms with Crippen molar-refractivity contribution < 1.29 is 0 Å². The standard InChI is InChI=1S/C56H49N/c1-54(2,3)40-26-20-36(21-27-40)37-22-28-41(29-23-37)57(42-30-32-50-47(35-42)45-17-11-13-19-49(45)55(50,4)5)52-33-25-38-14-8-9-15-43(38)53(52)39-24-31-46-44-16-10-12-18-48(44)56(6,7)51(46)34-39/h8-35H,1-7H3. The predicted octanol–water partition coefficient (Wildman–Crippen LogP) is 15.6. The van der Waals surface area contributed by atoms with Crippen LogP contribution in [0.3, 0.4) is 0 Å². The number of rotatable bonds is 5. The Morgan fingerprint density at radius 3 is 1.61 bits per heavy atom. The molecule has 8 aromatic rings. The van der Waals surface area contributed by atoms with E-state index in [-0.39, 0.29) is 16.2 Å². The van der Waals surface area contributed by atoms with Gasteiger partial charge in [0.05, 0.1) is 5.69 Å². The maximum absolute atomic E-state index is 2.50. The van der Waals surface area contributed by atoms with Crippen LogP contribution in [0.15, 0.2) is 170 Å². The molecule has 0 aliphatic heterocycles. The van der Waals surface area contributed by atoms with E-state index in [1.54, 1.807) is 0 Å². The van der Waals surface area contributed by atoms with Crippen molar-refractivity contribution in [1.82, 2.24) is 0 Å². The third-order valence-electron chi connectivity index (χ3n) is 13.1. The summed E-state index contributed by atoms with van der Waals surface area (Å²) in [5, 5.41) is 2.48. The maximum Gasteiger partial charge on any atom is 0.0546 e. The average Bonchev–Trinajstić information content (AvgIpc) is 3.60. The zero-order valence-electron chi connectivity index (χ0n) is 34.1. The zero-order chi connectivity index (χ0) is 39.3. The second-order valence-electron chi connectivity index (χ2n) is 18.2. The van der Waals surface area contributed by atoms with Crippen LogP contribution in [0.4, 0.5) is 17.1 Å². The minimum Gasteiger partial charge on any atom is -0.310 e. The van der Waals surface area contributed by atoms with Gasteiger partial charge in [-0.2, -0.15) is 0 Å². The lowest BCUT2D eigenvalue weighted by Crippen LogP contribution is -2.16. The molecule has 2 aliphatic rings. The smallest absolute Gasteiger partial charge is 0.0546 e. The Labute approximate surface area is 338 Å². The fraction of sp³-hybridized carbons (Fsp3) is 0.179. The number of hydrogen-bond donors (Lipinski definition) is 0. The van der Waals surface area contributed by atoms with Gasteiger partial charge in [-0.3, -0.25) is 0 Å². The number of anilines is 3. The molecule has 2 aliphatic carbocycles. The lowest BCUT2D eigenvalue weighted by Gasteiger charge is -2.30. The average molecular weight is 736 g/mol. The van der Waals surface area contributed by atoms with Crippen molar-refractivity contribution in [2.24, 2.45) is 0 Å². The van der Waals surface area contributed by atoms with Crippen LogP contribution in [0.2, 0.25) is 0 Å². The highest BCUT2D eigenvalue weighted by atomic mass is 15.1. The van der Waals surface area contributed by atoms with Crippen molar-refractivity contribution in [3.8, 4) is 44.5 Å². The number of hydrogen-bond acceptors (Lipinski definition) is 1. The van der Waals surface area contributed by atoms with Gasteiger partial charge in [-0.15, -0.1) is 0 Å². The van der Waals surface area contributed by atoms with Crippen molar-refractivity contribution in [3.63, 3.8) is 0 Å². The topological polar surface area (TPSA) is 3.24 Å². The van der Waals surface area contributed by atoms with E-state index in [9.17, 15) is 0 Å². The Balaban J connectivity index is 1.19. The molecule has 0 heterocycles. The molecule has 0 saturated heterocycles. The second kappa shape index (κ2) is 12.7. The minimum atomic E-state index is -0.104. The van der Waals surface area contributed by atoms with Crippen molar-refractivity contribution in [1.29, 1.82) is 0 Å². The molecule has 10 rings (SSSR count). The molecular weight excluding hydrogens is 687 g/mol. The Morgan fingerprint density at radius 2 is 0.930 bits per heavy atom. The van der Waals surface area contributed by atoms with E-state index < -0.39 is 0 Å². The maximum atomic E-state index is 2.50. The van der Waals surface area contributed by atoms with Crippen molar-refractivity contribution in [2.45, 2.75) is 64.7 Å². The molecule has 0 atom stereocenters. The molecule has 0 amide bonds. The monoisotopic (exact) mass is 735 g/mol. The number of fused-ring (bicyclic) bond motifs is 7. The van der Waals surface area contributed by atoms with E-state index in [1.807, 2.05) is 0 Å². The molecule has 0 saturated carbocycles. The van der Waals surface area contributed by atoms with Gasteiger partial charge in [0.25, 0.3) is 0 Å². The summed E-state index contributed by atoms with van der Waals surface area (Å²) in [5.74, 6) is 0. The fourth-order valence-corrected chi connectivity index (χ4v) is 9.85. The lowest BCUT2D eigenvalue weighted by molar-refractivity contribution is 0.590. The highest BCUT2D eigenvalue weighted by Gasteiger charge is 2.37. The molecule has 0 fully saturated rings. The summed E-state index contributed by atoms with van der Waals surface area (Å²) in [5.41, 5.74) is 20.5. The van der Waals surface area contributed by atoms with Crippen LogP contribution >= 0.6 is 0 Å². The molecule has 57 heavy (non-hydrogen) atoms. The third-order valence-corrected chi connectivity index (χ3v) is 13.1. The molecule has 0 bridgehead atoms. The normalized spacial score (nSPS) is 14.5. The Bertz CT molecular complexity index is 2860. The lowest BCUT2D eigenvalue weighted by atomic mass is 9.81. The molecular formula is C56H49N. The van der Waals surface area contributed by atoms with E-state index in [4.69, 9.17) is 0 Å². The summed E-state index contributed by atoms with van der Waals surface area (Å²) in [6.45, 7) is 16.3. The first-order valence-electron chi connectivity index (χ1n) is 20.4. The highest BCUT2D eigenvalue weighted by Crippen LogP contribution is 2.54. The van der Waals surface area contributed by atoms with Gasteiger partial charge in [-0.1, -0.05) is 182 Å². The molecule has 0 radical (unpaired) electrons. The Hall–Kier alpha value is -6.18. The molecule has 1 nitrogen and oxygen atoms in total. The van der Waals surface area contributed by atoms with Gasteiger partial charge < -0.3 is 4.90 Å². The predicted molar refractivity (Wildman–Crippen MR) is 243 cm³/mol. The summed E-state index contributed by atoms with van der Waals surface area (Å²) in [4.78, 5) is 2.50. The van der Waals surface area contributed by atoms with E-state index in [0.29, 0.717) is 0 Å². The molecule has 0 spiro atoms. The molecule has 0 unspecified atom stereocenters. The van der Waals surface area contributed by atoms with Crippen LogP contribution in [0.1, 0.15) is 76.3 Å². The SMILES string of the molecule is CC(C)(C)c1ccc(-c2ccc(N(c3ccc4c(c3)-c3ccccc3C4(C)C)c3ccc4ccccc4c3-c3ccc4c(c3)C(C)(C)c3ccccc3-4)cc2)cc1.